The third kappa shape index (κ3) is 8.14. The van der Waals surface area contributed by atoms with Crippen LogP contribution in [-0.2, 0) is 26.2 Å². The van der Waals surface area contributed by atoms with Crippen molar-refractivity contribution < 1.29 is 27.1 Å². The van der Waals surface area contributed by atoms with Gasteiger partial charge in [0.1, 0.15) is 24.2 Å². The summed E-state index contributed by atoms with van der Waals surface area (Å²) in [5, 5.41) is 3.60. The Labute approximate surface area is 256 Å². The molecule has 0 bridgehead atoms. The molecule has 1 N–H and O–H groups in total. The van der Waals surface area contributed by atoms with Crippen molar-refractivity contribution in [3.8, 4) is 5.75 Å². The second-order valence-corrected chi connectivity index (χ2v) is 12.4. The number of benzene rings is 3. The van der Waals surface area contributed by atoms with Crippen LogP contribution in [0.15, 0.2) is 71.6 Å². The van der Waals surface area contributed by atoms with Crippen LogP contribution in [0.4, 0.5) is 10.1 Å². The molecular weight excluding hydrogens is 604 g/mol. The van der Waals surface area contributed by atoms with E-state index in [2.05, 4.69) is 5.32 Å². The van der Waals surface area contributed by atoms with E-state index in [1.165, 1.54) is 54.5 Å². The van der Waals surface area contributed by atoms with Crippen molar-refractivity contribution in [2.45, 2.75) is 57.1 Å². The Kier molecular flexibility index (Phi) is 11.6. The van der Waals surface area contributed by atoms with Gasteiger partial charge in [-0.05, 0) is 86.0 Å². The fourth-order valence-electron chi connectivity index (χ4n) is 4.21. The van der Waals surface area contributed by atoms with Crippen molar-refractivity contribution in [2.24, 2.45) is 0 Å². The maximum Gasteiger partial charge on any atom is 0.264 e. The predicted molar refractivity (Wildman–Crippen MR) is 163 cm³/mol. The SMILES string of the molecule is CC[C@@H](C)NC(=O)[C@@H](CC)N(Cc1ccc(Cl)cc1Cl)C(=O)CN(c1ccc(F)cc1)S(=O)(=O)c1ccc(OC)cc1. The van der Waals surface area contributed by atoms with Gasteiger partial charge in [0.05, 0.1) is 17.7 Å². The molecule has 3 rings (SSSR count). The van der Waals surface area contributed by atoms with Crippen LogP contribution in [0.2, 0.25) is 10.0 Å². The second-order valence-electron chi connectivity index (χ2n) is 9.66. The van der Waals surface area contributed by atoms with Crippen LogP contribution < -0.4 is 14.4 Å². The molecule has 0 saturated heterocycles. The molecule has 0 aromatic heterocycles. The van der Waals surface area contributed by atoms with Gasteiger partial charge in [0.2, 0.25) is 11.8 Å². The van der Waals surface area contributed by atoms with Crippen LogP contribution in [0.25, 0.3) is 0 Å². The van der Waals surface area contributed by atoms with Crippen molar-refractivity contribution in [2.75, 3.05) is 18.0 Å². The maximum atomic E-state index is 14.1. The minimum absolute atomic E-state index is 0.0714. The van der Waals surface area contributed by atoms with Gasteiger partial charge in [-0.25, -0.2) is 12.8 Å². The molecule has 0 aliphatic heterocycles. The number of anilines is 1. The zero-order chi connectivity index (χ0) is 31.0. The lowest BCUT2D eigenvalue weighted by molar-refractivity contribution is -0.140. The molecule has 226 valence electrons. The Bertz CT molecular complexity index is 1490. The van der Waals surface area contributed by atoms with Gasteiger partial charge < -0.3 is 15.0 Å². The molecule has 0 aliphatic carbocycles. The zero-order valence-corrected chi connectivity index (χ0v) is 26.1. The van der Waals surface area contributed by atoms with Gasteiger partial charge in [0, 0.05) is 22.6 Å². The van der Waals surface area contributed by atoms with Crippen LogP contribution in [0.5, 0.6) is 5.75 Å². The topological polar surface area (TPSA) is 96.0 Å². The molecule has 2 atom stereocenters. The quantitative estimate of drug-likeness (QED) is 0.246. The van der Waals surface area contributed by atoms with Crippen molar-refractivity contribution in [3.63, 3.8) is 0 Å². The molecule has 0 fully saturated rings. The standard InChI is InChI=1S/C30H34Cl2FN3O5S/c1-5-20(3)34-30(38)28(6-2)35(18-21-7-8-22(31)17-27(21)32)29(37)19-36(24-11-9-23(33)10-12-24)42(39,40)26-15-13-25(41-4)14-16-26/h7-17,20,28H,5-6,18-19H2,1-4H3,(H,34,38)/t20-,28-/m1/s1. The normalized spacial score (nSPS) is 12.7. The van der Waals surface area contributed by atoms with Crippen molar-refractivity contribution >= 4 is 50.7 Å². The number of halogens is 3. The summed E-state index contributed by atoms with van der Waals surface area (Å²) in [5.41, 5.74) is 0.595. The van der Waals surface area contributed by atoms with Crippen molar-refractivity contribution in [1.29, 1.82) is 0 Å². The molecule has 0 aliphatic rings. The van der Waals surface area contributed by atoms with E-state index in [0.29, 0.717) is 27.8 Å². The molecule has 3 aromatic rings. The number of ether oxygens (including phenoxy) is 1. The molecule has 2 amide bonds. The summed E-state index contributed by atoms with van der Waals surface area (Å²) in [7, 11) is -2.86. The molecule has 3 aromatic carbocycles. The van der Waals surface area contributed by atoms with Gasteiger partial charge in [-0.15, -0.1) is 0 Å². The van der Waals surface area contributed by atoms with Gasteiger partial charge in [-0.2, -0.15) is 0 Å². The van der Waals surface area contributed by atoms with Gasteiger partial charge in [-0.1, -0.05) is 43.1 Å². The third-order valence-electron chi connectivity index (χ3n) is 6.78. The lowest BCUT2D eigenvalue weighted by Crippen LogP contribution is -2.53. The van der Waals surface area contributed by atoms with Gasteiger partial charge in [0.25, 0.3) is 10.0 Å². The smallest absolute Gasteiger partial charge is 0.264 e. The summed E-state index contributed by atoms with van der Waals surface area (Å²) in [6, 6.07) is 14.2. The fraction of sp³-hybridized carbons (Fsp3) is 0.333. The number of carbonyl (C=O) groups is 2. The minimum atomic E-state index is -4.32. The average Bonchev–Trinajstić information content (AvgIpc) is 2.97. The average molecular weight is 639 g/mol. The molecular formula is C30H34Cl2FN3O5S. The van der Waals surface area contributed by atoms with E-state index in [9.17, 15) is 22.4 Å². The Morgan fingerprint density at radius 2 is 1.62 bits per heavy atom. The van der Waals surface area contributed by atoms with Crippen molar-refractivity contribution in [3.05, 3.63) is 88.2 Å². The molecule has 12 heteroatoms. The first-order valence-electron chi connectivity index (χ1n) is 13.4. The Hall–Kier alpha value is -3.34. The van der Waals surface area contributed by atoms with E-state index in [-0.39, 0.29) is 35.5 Å². The summed E-state index contributed by atoms with van der Waals surface area (Å²) < 4.78 is 47.6. The van der Waals surface area contributed by atoms with E-state index in [1.54, 1.807) is 19.1 Å². The Morgan fingerprint density at radius 1 is 0.976 bits per heavy atom. The highest BCUT2D eigenvalue weighted by molar-refractivity contribution is 7.92. The summed E-state index contributed by atoms with van der Waals surface area (Å²) in [4.78, 5) is 28.6. The van der Waals surface area contributed by atoms with Gasteiger partial charge in [-0.3, -0.25) is 13.9 Å². The number of sulfonamides is 1. The molecule has 0 spiro atoms. The van der Waals surface area contributed by atoms with E-state index in [1.807, 2.05) is 13.8 Å². The van der Waals surface area contributed by atoms with E-state index < -0.39 is 34.3 Å². The number of carbonyl (C=O) groups excluding carboxylic acids is 2. The lowest BCUT2D eigenvalue weighted by Gasteiger charge is -2.34. The number of methoxy groups -OCH3 is 1. The van der Waals surface area contributed by atoms with Crippen LogP contribution in [0.1, 0.15) is 39.2 Å². The fourth-order valence-corrected chi connectivity index (χ4v) is 6.09. The number of nitrogens with one attached hydrogen (secondary N) is 1. The highest BCUT2D eigenvalue weighted by Crippen LogP contribution is 2.28. The van der Waals surface area contributed by atoms with Crippen LogP contribution in [0.3, 0.4) is 0 Å². The largest absolute Gasteiger partial charge is 0.497 e. The van der Waals surface area contributed by atoms with E-state index in [0.717, 1.165) is 16.4 Å². The van der Waals surface area contributed by atoms with Crippen molar-refractivity contribution in [1.82, 2.24) is 10.2 Å². The molecule has 0 radical (unpaired) electrons. The number of hydrogen-bond acceptors (Lipinski definition) is 5. The molecule has 8 nitrogen and oxygen atoms in total. The minimum Gasteiger partial charge on any atom is -0.497 e. The van der Waals surface area contributed by atoms with Crippen LogP contribution in [0, 0.1) is 5.82 Å². The Balaban J connectivity index is 2.08. The number of amides is 2. The first kappa shape index (κ1) is 33.2. The summed E-state index contributed by atoms with van der Waals surface area (Å²) in [6.45, 7) is 4.79. The molecule has 0 saturated carbocycles. The van der Waals surface area contributed by atoms with Gasteiger partial charge in [0.15, 0.2) is 0 Å². The summed E-state index contributed by atoms with van der Waals surface area (Å²) >= 11 is 12.5. The first-order chi connectivity index (χ1) is 19.9. The zero-order valence-electron chi connectivity index (χ0n) is 23.8. The first-order valence-corrected chi connectivity index (χ1v) is 15.6. The predicted octanol–water partition coefficient (Wildman–Crippen LogP) is 6.06. The number of rotatable bonds is 13. The van der Waals surface area contributed by atoms with Crippen LogP contribution in [-0.4, -0.2) is 50.9 Å². The number of nitrogens with zero attached hydrogens (tertiary/aromatic N) is 2. The van der Waals surface area contributed by atoms with Crippen LogP contribution >= 0.6 is 23.2 Å². The van der Waals surface area contributed by atoms with Gasteiger partial charge >= 0.3 is 0 Å². The lowest BCUT2D eigenvalue weighted by atomic mass is 10.1. The van der Waals surface area contributed by atoms with E-state index >= 15 is 0 Å². The summed E-state index contributed by atoms with van der Waals surface area (Å²) in [6.07, 6.45) is 0.929. The monoisotopic (exact) mass is 637 g/mol. The summed E-state index contributed by atoms with van der Waals surface area (Å²) in [5.74, 6) is -1.16. The Morgan fingerprint density at radius 3 is 2.17 bits per heavy atom. The molecule has 0 heterocycles. The molecule has 42 heavy (non-hydrogen) atoms. The second kappa shape index (κ2) is 14.7. The number of hydrogen-bond donors (Lipinski definition) is 1. The molecule has 0 unspecified atom stereocenters. The maximum absolute atomic E-state index is 14.1. The van der Waals surface area contributed by atoms with E-state index in [4.69, 9.17) is 27.9 Å². The highest BCUT2D eigenvalue weighted by atomic mass is 35.5. The highest BCUT2D eigenvalue weighted by Gasteiger charge is 2.34. The third-order valence-corrected chi connectivity index (χ3v) is 9.16.